The Morgan fingerprint density at radius 1 is 0.828 bits per heavy atom. The van der Waals surface area contributed by atoms with Crippen LogP contribution in [-0.4, -0.2) is 19.9 Å². The molecule has 6 heteroatoms. The van der Waals surface area contributed by atoms with E-state index in [2.05, 4.69) is 9.97 Å². The number of aromatic amines is 1. The van der Waals surface area contributed by atoms with Crippen LogP contribution < -0.4 is 5.56 Å². The van der Waals surface area contributed by atoms with Crippen molar-refractivity contribution < 1.29 is 0 Å². The predicted molar refractivity (Wildman–Crippen MR) is 116 cm³/mol. The van der Waals surface area contributed by atoms with Crippen LogP contribution in [-0.2, 0) is 0 Å². The van der Waals surface area contributed by atoms with E-state index in [0.717, 1.165) is 27.7 Å². The zero-order valence-corrected chi connectivity index (χ0v) is 16.2. The number of nitrogens with one attached hydrogen (secondary N) is 1. The molecular formula is C23H15ClN4O. The molecule has 0 unspecified atom stereocenters. The summed E-state index contributed by atoms with van der Waals surface area (Å²) in [5, 5.41) is 1.49. The van der Waals surface area contributed by atoms with Crippen molar-refractivity contribution in [1.82, 2.24) is 19.9 Å². The number of benzene rings is 2. The summed E-state index contributed by atoms with van der Waals surface area (Å²) in [6.07, 6.45) is 0. The quantitative estimate of drug-likeness (QED) is 0.445. The molecule has 0 aliphatic rings. The lowest BCUT2D eigenvalue weighted by Gasteiger charge is -2.12. The minimum atomic E-state index is -0.214. The molecule has 140 valence electrons. The zero-order valence-electron chi connectivity index (χ0n) is 15.5. The van der Waals surface area contributed by atoms with Gasteiger partial charge in [0.05, 0.1) is 21.9 Å². The van der Waals surface area contributed by atoms with Crippen molar-refractivity contribution >= 4 is 33.7 Å². The molecule has 0 atom stereocenters. The lowest BCUT2D eigenvalue weighted by Crippen LogP contribution is -2.06. The molecule has 1 N–H and O–H groups in total. The molecule has 29 heavy (non-hydrogen) atoms. The highest BCUT2D eigenvalue weighted by atomic mass is 35.5. The maximum absolute atomic E-state index is 11.8. The minimum Gasteiger partial charge on any atom is -0.305 e. The highest BCUT2D eigenvalue weighted by Crippen LogP contribution is 2.34. The number of nitrogens with zero attached hydrogens (tertiary/aromatic N) is 3. The minimum absolute atomic E-state index is 0.214. The number of pyridine rings is 2. The highest BCUT2D eigenvalue weighted by Gasteiger charge is 2.15. The monoisotopic (exact) mass is 398 g/mol. The van der Waals surface area contributed by atoms with Gasteiger partial charge in [-0.25, -0.2) is 9.97 Å². The van der Waals surface area contributed by atoms with Crippen LogP contribution in [0.15, 0.2) is 71.5 Å². The summed E-state index contributed by atoms with van der Waals surface area (Å²) >= 11 is 6.56. The SMILES string of the molecule is Cc1ccc2cc(-c3nc4ccc(=O)[nH]c4nc3-c3ccccc3)cc(Cl)c2n1. The van der Waals surface area contributed by atoms with E-state index in [4.69, 9.17) is 21.6 Å². The van der Waals surface area contributed by atoms with Crippen LogP contribution in [0.4, 0.5) is 0 Å². The van der Waals surface area contributed by atoms with E-state index in [0.29, 0.717) is 27.6 Å². The summed E-state index contributed by atoms with van der Waals surface area (Å²) in [4.78, 5) is 28.6. The number of H-pyrrole nitrogens is 1. The van der Waals surface area contributed by atoms with E-state index in [1.807, 2.05) is 61.5 Å². The molecule has 0 saturated heterocycles. The number of hydrogen-bond acceptors (Lipinski definition) is 4. The third-order valence-corrected chi connectivity index (χ3v) is 5.05. The predicted octanol–water partition coefficient (Wildman–Crippen LogP) is 5.16. The molecule has 0 fully saturated rings. The molecule has 5 nitrogen and oxygen atoms in total. The Kier molecular flexibility index (Phi) is 4.11. The number of aromatic nitrogens is 4. The van der Waals surface area contributed by atoms with Crippen LogP contribution in [0.2, 0.25) is 5.02 Å². The van der Waals surface area contributed by atoms with Crippen LogP contribution in [0, 0.1) is 6.92 Å². The summed E-state index contributed by atoms with van der Waals surface area (Å²) in [5.74, 6) is 0. The summed E-state index contributed by atoms with van der Waals surface area (Å²) in [5.41, 5.74) is 5.62. The van der Waals surface area contributed by atoms with E-state index >= 15 is 0 Å². The molecule has 0 bridgehead atoms. The molecule has 0 radical (unpaired) electrons. The summed E-state index contributed by atoms with van der Waals surface area (Å²) in [7, 11) is 0. The second-order valence-electron chi connectivity index (χ2n) is 6.83. The van der Waals surface area contributed by atoms with Gasteiger partial charge in [-0.2, -0.15) is 0 Å². The summed E-state index contributed by atoms with van der Waals surface area (Å²) in [6.45, 7) is 1.94. The van der Waals surface area contributed by atoms with Gasteiger partial charge in [-0.15, -0.1) is 0 Å². The van der Waals surface area contributed by atoms with Gasteiger partial charge in [-0.3, -0.25) is 9.78 Å². The smallest absolute Gasteiger partial charge is 0.249 e. The zero-order chi connectivity index (χ0) is 20.0. The fraction of sp³-hybridized carbons (Fsp3) is 0.0435. The van der Waals surface area contributed by atoms with Crippen molar-refractivity contribution in [3.63, 3.8) is 0 Å². The molecule has 0 aliphatic heterocycles. The fourth-order valence-electron chi connectivity index (χ4n) is 3.39. The molecule has 2 aromatic carbocycles. The summed E-state index contributed by atoms with van der Waals surface area (Å²) < 4.78 is 0. The first-order valence-corrected chi connectivity index (χ1v) is 9.50. The van der Waals surface area contributed by atoms with Crippen molar-refractivity contribution in [3.05, 3.63) is 87.8 Å². The van der Waals surface area contributed by atoms with Crippen molar-refractivity contribution in [2.45, 2.75) is 6.92 Å². The van der Waals surface area contributed by atoms with E-state index in [9.17, 15) is 4.79 Å². The number of fused-ring (bicyclic) bond motifs is 2. The number of rotatable bonds is 2. The molecule has 0 saturated carbocycles. The maximum Gasteiger partial charge on any atom is 0.249 e. The molecule has 0 spiro atoms. The Labute approximate surface area is 171 Å². The number of hydrogen-bond donors (Lipinski definition) is 1. The first-order valence-electron chi connectivity index (χ1n) is 9.12. The van der Waals surface area contributed by atoms with E-state index in [1.54, 1.807) is 6.07 Å². The first kappa shape index (κ1) is 17.5. The second-order valence-corrected chi connectivity index (χ2v) is 7.23. The Morgan fingerprint density at radius 3 is 2.45 bits per heavy atom. The van der Waals surface area contributed by atoms with Gasteiger partial charge in [-0.05, 0) is 31.2 Å². The maximum atomic E-state index is 11.8. The third-order valence-electron chi connectivity index (χ3n) is 4.76. The fourth-order valence-corrected chi connectivity index (χ4v) is 3.66. The number of aryl methyl sites for hydroxylation is 1. The average molecular weight is 399 g/mol. The molecule has 0 amide bonds. The van der Waals surface area contributed by atoms with Gasteiger partial charge < -0.3 is 4.98 Å². The van der Waals surface area contributed by atoms with Crippen molar-refractivity contribution in [1.29, 1.82) is 0 Å². The Morgan fingerprint density at radius 2 is 1.62 bits per heavy atom. The Bertz CT molecular complexity index is 1440. The van der Waals surface area contributed by atoms with E-state index < -0.39 is 0 Å². The van der Waals surface area contributed by atoms with Gasteiger partial charge in [0.1, 0.15) is 5.52 Å². The normalized spacial score (nSPS) is 11.2. The molecule has 3 heterocycles. The standard InChI is InChI=1S/C23H15ClN4O/c1-13-7-8-15-11-16(12-17(24)20(15)25-13)22-21(14-5-3-2-4-6-14)28-23-18(26-22)9-10-19(29)27-23/h2-12H,1H3,(H,27,28,29). The van der Waals surface area contributed by atoms with E-state index in [-0.39, 0.29) is 5.56 Å². The molecule has 3 aromatic heterocycles. The topological polar surface area (TPSA) is 71.5 Å². The van der Waals surface area contributed by atoms with Gasteiger partial charge in [0.2, 0.25) is 5.56 Å². The van der Waals surface area contributed by atoms with Gasteiger partial charge in [0, 0.05) is 28.3 Å². The van der Waals surface area contributed by atoms with Crippen molar-refractivity contribution in [2.24, 2.45) is 0 Å². The van der Waals surface area contributed by atoms with Crippen molar-refractivity contribution in [3.8, 4) is 22.5 Å². The van der Waals surface area contributed by atoms with Crippen molar-refractivity contribution in [2.75, 3.05) is 0 Å². The van der Waals surface area contributed by atoms with Crippen LogP contribution in [0.3, 0.4) is 0 Å². The third kappa shape index (κ3) is 3.15. The highest BCUT2D eigenvalue weighted by molar-refractivity contribution is 6.35. The Hall–Kier alpha value is -3.57. The van der Waals surface area contributed by atoms with Gasteiger partial charge in [0.15, 0.2) is 5.65 Å². The second kappa shape index (κ2) is 6.79. The summed E-state index contributed by atoms with van der Waals surface area (Å²) in [6, 6.07) is 20.7. The van der Waals surface area contributed by atoms with Gasteiger partial charge >= 0.3 is 0 Å². The van der Waals surface area contributed by atoms with Gasteiger partial charge in [-0.1, -0.05) is 48.0 Å². The van der Waals surface area contributed by atoms with Crippen LogP contribution in [0.25, 0.3) is 44.6 Å². The first-order chi connectivity index (χ1) is 14.1. The van der Waals surface area contributed by atoms with Crippen LogP contribution in [0.1, 0.15) is 5.69 Å². The lowest BCUT2D eigenvalue weighted by atomic mass is 10.0. The molecule has 5 aromatic rings. The van der Waals surface area contributed by atoms with Crippen LogP contribution >= 0.6 is 11.6 Å². The van der Waals surface area contributed by atoms with Crippen LogP contribution in [0.5, 0.6) is 0 Å². The lowest BCUT2D eigenvalue weighted by molar-refractivity contribution is 1.19. The van der Waals surface area contributed by atoms with E-state index in [1.165, 1.54) is 6.07 Å². The molecule has 5 rings (SSSR count). The molecule has 0 aliphatic carbocycles. The average Bonchev–Trinajstić information content (AvgIpc) is 2.74. The largest absolute Gasteiger partial charge is 0.305 e. The Balaban J connectivity index is 1.84. The van der Waals surface area contributed by atoms with Gasteiger partial charge in [0.25, 0.3) is 0 Å². The number of halogens is 1. The molecular weight excluding hydrogens is 384 g/mol.